The summed E-state index contributed by atoms with van der Waals surface area (Å²) in [5, 5.41) is 4.57. The van der Waals surface area contributed by atoms with Gasteiger partial charge < -0.3 is 14.8 Å². The molecule has 7 nitrogen and oxygen atoms in total. The van der Waals surface area contributed by atoms with Crippen LogP contribution in [0.15, 0.2) is 29.6 Å². The van der Waals surface area contributed by atoms with E-state index in [1.54, 1.807) is 23.6 Å². The molecule has 2 amide bonds. The summed E-state index contributed by atoms with van der Waals surface area (Å²) < 4.78 is 8.75. The van der Waals surface area contributed by atoms with Crippen molar-refractivity contribution in [3.63, 3.8) is 0 Å². The molecule has 0 saturated carbocycles. The Hall–Kier alpha value is -2.58. The number of amides is 2. The van der Waals surface area contributed by atoms with E-state index in [0.29, 0.717) is 22.6 Å². The molecule has 25 heavy (non-hydrogen) atoms. The first kappa shape index (κ1) is 18.8. The molecule has 0 saturated heterocycles. The number of rotatable bonds is 0. The van der Waals surface area contributed by atoms with Gasteiger partial charge in [0.05, 0.1) is 36.8 Å². The predicted molar refractivity (Wildman–Crippen MR) is 96.3 cm³/mol. The SMILES string of the molecule is COC(=O)Cl.COC(=O)N1c2ccccc2NC(=O)c2csc(C)c21. The van der Waals surface area contributed by atoms with Gasteiger partial charge in [0.2, 0.25) is 0 Å². The molecule has 0 unspecified atom stereocenters. The first-order chi connectivity index (χ1) is 11.9. The maximum atomic E-state index is 12.3. The zero-order valence-corrected chi connectivity index (χ0v) is 15.2. The minimum absolute atomic E-state index is 0.219. The smallest absolute Gasteiger partial charge is 0.418 e. The van der Waals surface area contributed by atoms with Crippen LogP contribution in [0.4, 0.5) is 26.7 Å². The first-order valence-electron chi connectivity index (χ1n) is 7.00. The summed E-state index contributed by atoms with van der Waals surface area (Å²) in [7, 11) is 2.54. The van der Waals surface area contributed by atoms with E-state index >= 15 is 0 Å². The van der Waals surface area contributed by atoms with Gasteiger partial charge in [0.25, 0.3) is 5.91 Å². The van der Waals surface area contributed by atoms with Crippen molar-refractivity contribution in [3.05, 3.63) is 40.1 Å². The van der Waals surface area contributed by atoms with Crippen LogP contribution in [0.5, 0.6) is 0 Å². The number of ether oxygens (including phenoxy) is 2. The van der Waals surface area contributed by atoms with Crippen LogP contribution in [0.2, 0.25) is 0 Å². The van der Waals surface area contributed by atoms with Crippen molar-refractivity contribution in [1.82, 2.24) is 0 Å². The van der Waals surface area contributed by atoms with Crippen LogP contribution in [0.25, 0.3) is 0 Å². The first-order valence-corrected chi connectivity index (χ1v) is 8.26. The molecule has 0 aliphatic carbocycles. The number of halogens is 1. The molecule has 2 heterocycles. The van der Waals surface area contributed by atoms with Gasteiger partial charge in [-0.15, -0.1) is 11.3 Å². The second kappa shape index (κ2) is 8.00. The molecule has 1 aromatic heterocycles. The summed E-state index contributed by atoms with van der Waals surface area (Å²) in [6, 6.07) is 7.15. The van der Waals surface area contributed by atoms with Crippen molar-refractivity contribution < 1.29 is 23.9 Å². The number of hydrogen-bond acceptors (Lipinski definition) is 6. The predicted octanol–water partition coefficient (Wildman–Crippen LogP) is 4.52. The molecule has 0 fully saturated rings. The molecule has 2 aromatic rings. The number of nitrogens with zero attached hydrogens (tertiary/aromatic N) is 1. The van der Waals surface area contributed by atoms with E-state index in [1.165, 1.54) is 30.5 Å². The van der Waals surface area contributed by atoms with Crippen LogP contribution in [-0.4, -0.2) is 31.6 Å². The topological polar surface area (TPSA) is 84.9 Å². The van der Waals surface area contributed by atoms with Gasteiger partial charge in [-0.2, -0.15) is 0 Å². The summed E-state index contributed by atoms with van der Waals surface area (Å²) in [6.45, 7) is 1.88. The van der Waals surface area contributed by atoms with E-state index < -0.39 is 11.5 Å². The van der Waals surface area contributed by atoms with Crippen molar-refractivity contribution in [3.8, 4) is 0 Å². The van der Waals surface area contributed by atoms with Crippen molar-refractivity contribution in [2.75, 3.05) is 24.4 Å². The Morgan fingerprint density at radius 3 is 2.44 bits per heavy atom. The monoisotopic (exact) mass is 382 g/mol. The number of benzene rings is 1. The Bertz CT molecular complexity index is 821. The van der Waals surface area contributed by atoms with E-state index in [0.717, 1.165) is 4.88 Å². The quantitative estimate of drug-likeness (QED) is 0.677. The highest BCUT2D eigenvalue weighted by Gasteiger charge is 2.32. The second-order valence-corrected chi connectivity index (χ2v) is 6.17. The average Bonchev–Trinajstić information content (AvgIpc) is 2.92. The van der Waals surface area contributed by atoms with E-state index in [2.05, 4.69) is 21.7 Å². The molecule has 3 rings (SSSR count). The summed E-state index contributed by atoms with van der Waals surface area (Å²) in [5.41, 5.74) is 1.49. The fraction of sp³-hybridized carbons (Fsp3) is 0.188. The number of hydrogen-bond donors (Lipinski definition) is 1. The Morgan fingerprint density at radius 2 is 1.84 bits per heavy atom. The van der Waals surface area contributed by atoms with E-state index in [-0.39, 0.29) is 5.91 Å². The van der Waals surface area contributed by atoms with E-state index in [4.69, 9.17) is 4.74 Å². The van der Waals surface area contributed by atoms with Crippen molar-refractivity contribution in [1.29, 1.82) is 0 Å². The van der Waals surface area contributed by atoms with Crippen molar-refractivity contribution in [2.45, 2.75) is 6.92 Å². The number of anilines is 3. The molecule has 1 N–H and O–H groups in total. The van der Waals surface area contributed by atoms with Crippen molar-refractivity contribution in [2.24, 2.45) is 0 Å². The minimum Gasteiger partial charge on any atom is -0.457 e. The zero-order valence-electron chi connectivity index (χ0n) is 13.7. The van der Waals surface area contributed by atoms with Gasteiger partial charge in [-0.25, -0.2) is 14.5 Å². The Balaban J connectivity index is 0.000000399. The van der Waals surface area contributed by atoms with Gasteiger partial charge in [-0.05, 0) is 19.1 Å². The summed E-state index contributed by atoms with van der Waals surface area (Å²) in [4.78, 5) is 36.1. The minimum atomic E-state index is -0.773. The number of carbonyl (C=O) groups excluding carboxylic acids is 3. The third-order valence-electron chi connectivity index (χ3n) is 3.32. The molecule has 1 aliphatic heterocycles. The molecular formula is C16H15ClN2O5S. The van der Waals surface area contributed by atoms with Crippen LogP contribution in [0, 0.1) is 6.92 Å². The highest BCUT2D eigenvalue weighted by Crippen LogP contribution is 2.42. The number of para-hydroxylation sites is 2. The van der Waals surface area contributed by atoms with Gasteiger partial charge in [-0.1, -0.05) is 12.1 Å². The summed E-state index contributed by atoms with van der Waals surface area (Å²) in [5.74, 6) is -0.219. The number of methoxy groups -OCH3 is 2. The maximum Gasteiger partial charge on any atom is 0.418 e. The van der Waals surface area contributed by atoms with Crippen molar-refractivity contribution >= 4 is 57.4 Å². The fourth-order valence-electron chi connectivity index (χ4n) is 2.25. The lowest BCUT2D eigenvalue weighted by atomic mass is 10.2. The largest absolute Gasteiger partial charge is 0.457 e. The molecule has 0 bridgehead atoms. The fourth-order valence-corrected chi connectivity index (χ4v) is 3.08. The standard InChI is InChI=1S/C14H12N2O3S.C2H3ClO2/c1-8-12-9(7-20-8)13(17)15-10-5-3-4-6-11(10)16(12)14(18)19-2;1-5-2(3)4/h3-7H,1-2H3,(H,15,17);1H3. The molecule has 0 radical (unpaired) electrons. The highest BCUT2D eigenvalue weighted by atomic mass is 35.5. The molecule has 9 heteroatoms. The third kappa shape index (κ3) is 3.92. The van der Waals surface area contributed by atoms with E-state index in [1.807, 2.05) is 13.0 Å². The Labute approximate surface area is 153 Å². The second-order valence-electron chi connectivity index (χ2n) is 4.77. The summed E-state index contributed by atoms with van der Waals surface area (Å²) >= 11 is 6.03. The lowest BCUT2D eigenvalue weighted by molar-refractivity contribution is 0.102. The lowest BCUT2D eigenvalue weighted by Crippen LogP contribution is -2.26. The van der Waals surface area contributed by atoms with Crippen LogP contribution in [-0.2, 0) is 9.47 Å². The third-order valence-corrected chi connectivity index (χ3v) is 4.38. The zero-order chi connectivity index (χ0) is 18.6. The normalized spacial score (nSPS) is 11.8. The highest BCUT2D eigenvalue weighted by molar-refractivity contribution is 7.10. The Kier molecular flexibility index (Phi) is 6.00. The van der Waals surface area contributed by atoms with Gasteiger partial charge in [0.1, 0.15) is 0 Å². The molecule has 1 aliphatic rings. The van der Waals surface area contributed by atoms with Crippen LogP contribution in [0.1, 0.15) is 15.2 Å². The molecule has 132 valence electrons. The number of aryl methyl sites for hydroxylation is 1. The number of nitrogens with one attached hydrogen (secondary N) is 1. The molecule has 1 aromatic carbocycles. The van der Waals surface area contributed by atoms with Gasteiger partial charge >= 0.3 is 11.5 Å². The van der Waals surface area contributed by atoms with Crippen LogP contribution >= 0.6 is 22.9 Å². The maximum absolute atomic E-state index is 12.3. The molecular weight excluding hydrogens is 368 g/mol. The van der Waals surface area contributed by atoms with Crippen LogP contribution in [0.3, 0.4) is 0 Å². The van der Waals surface area contributed by atoms with Crippen LogP contribution < -0.4 is 10.2 Å². The van der Waals surface area contributed by atoms with E-state index in [9.17, 15) is 14.4 Å². The lowest BCUT2D eigenvalue weighted by Gasteiger charge is -2.21. The van der Waals surface area contributed by atoms with Gasteiger partial charge in [0.15, 0.2) is 0 Å². The molecule has 0 spiro atoms. The molecule has 0 atom stereocenters. The Morgan fingerprint density at radius 1 is 1.20 bits per heavy atom. The summed E-state index contributed by atoms with van der Waals surface area (Å²) in [6.07, 6.45) is -0.517. The number of fused-ring (bicyclic) bond motifs is 2. The van der Waals surface area contributed by atoms with Gasteiger partial charge in [0, 0.05) is 21.9 Å². The number of thiophene rings is 1. The number of carbonyl (C=O) groups is 3. The van der Waals surface area contributed by atoms with Gasteiger partial charge in [-0.3, -0.25) is 4.79 Å². The average molecular weight is 383 g/mol.